The number of rotatable bonds is 5. The minimum absolute atomic E-state index is 0.192. The van der Waals surface area contributed by atoms with Crippen LogP contribution in [0.2, 0.25) is 0 Å². The largest absolute Gasteiger partial charge is 0.321 e. The molecule has 2 amide bonds. The van der Waals surface area contributed by atoms with Crippen molar-refractivity contribution in [1.29, 1.82) is 0 Å². The summed E-state index contributed by atoms with van der Waals surface area (Å²) in [5, 5.41) is 7.64. The van der Waals surface area contributed by atoms with Gasteiger partial charge in [-0.1, -0.05) is 54.6 Å². The number of benzene rings is 3. The highest BCUT2D eigenvalue weighted by atomic mass is 16.2. The molecule has 6 nitrogen and oxygen atoms in total. The normalized spacial score (nSPS) is 10.6. The Hall–Kier alpha value is -4.84. The summed E-state index contributed by atoms with van der Waals surface area (Å²) in [6.45, 7) is 0. The van der Waals surface area contributed by atoms with Gasteiger partial charge in [-0.05, 0) is 53.2 Å². The van der Waals surface area contributed by atoms with Crippen LogP contribution in [0, 0.1) is 0 Å². The van der Waals surface area contributed by atoms with Crippen LogP contribution >= 0.6 is 0 Å². The van der Waals surface area contributed by atoms with Crippen LogP contribution in [-0.4, -0.2) is 21.8 Å². The number of hydrogen-bond donors (Lipinski definition) is 2. The molecule has 2 N–H and O–H groups in total. The van der Waals surface area contributed by atoms with Crippen LogP contribution in [0.5, 0.6) is 0 Å². The van der Waals surface area contributed by atoms with E-state index in [0.29, 0.717) is 33.9 Å². The first-order chi connectivity index (χ1) is 16.7. The van der Waals surface area contributed by atoms with Crippen molar-refractivity contribution in [2.45, 2.75) is 0 Å². The zero-order valence-electron chi connectivity index (χ0n) is 18.1. The minimum atomic E-state index is -0.195. The summed E-state index contributed by atoms with van der Waals surface area (Å²) in [5.74, 6) is -0.387. The Bertz CT molecular complexity index is 1460. The van der Waals surface area contributed by atoms with E-state index in [0.717, 1.165) is 10.8 Å². The maximum atomic E-state index is 12.8. The predicted octanol–water partition coefficient (Wildman–Crippen LogP) is 5.80. The molecule has 0 fully saturated rings. The zero-order valence-corrected chi connectivity index (χ0v) is 18.1. The molecule has 2 heterocycles. The average molecular weight is 444 g/mol. The maximum Gasteiger partial charge on any atom is 0.256 e. The van der Waals surface area contributed by atoms with E-state index < -0.39 is 0 Å². The average Bonchev–Trinajstić information content (AvgIpc) is 2.90. The smallest absolute Gasteiger partial charge is 0.256 e. The molecule has 3 aromatic carbocycles. The number of carbonyl (C=O) groups is 2. The maximum absolute atomic E-state index is 12.8. The number of carbonyl (C=O) groups excluding carboxylic acids is 2. The number of fused-ring (bicyclic) bond motifs is 1. The van der Waals surface area contributed by atoms with Gasteiger partial charge in [0.1, 0.15) is 0 Å². The number of hydrogen-bond acceptors (Lipinski definition) is 4. The van der Waals surface area contributed by atoms with Gasteiger partial charge in [-0.15, -0.1) is 0 Å². The van der Waals surface area contributed by atoms with E-state index in [2.05, 4.69) is 20.6 Å². The Labute approximate surface area is 196 Å². The van der Waals surface area contributed by atoms with Gasteiger partial charge in [0, 0.05) is 11.1 Å². The molecule has 5 aromatic rings. The van der Waals surface area contributed by atoms with Gasteiger partial charge in [-0.25, -0.2) is 0 Å². The Morgan fingerprint density at radius 3 is 1.79 bits per heavy atom. The molecule has 0 spiro atoms. The van der Waals surface area contributed by atoms with Crippen molar-refractivity contribution in [3.05, 3.63) is 121 Å². The van der Waals surface area contributed by atoms with Gasteiger partial charge in [-0.3, -0.25) is 19.6 Å². The molecule has 0 unspecified atom stereocenters. The Morgan fingerprint density at radius 2 is 1.15 bits per heavy atom. The molecule has 0 atom stereocenters. The molecular formula is C28H20N4O2. The fourth-order valence-electron chi connectivity index (χ4n) is 3.65. The lowest BCUT2D eigenvalue weighted by molar-refractivity contribution is 0.101. The summed E-state index contributed by atoms with van der Waals surface area (Å²) < 4.78 is 0. The van der Waals surface area contributed by atoms with Crippen LogP contribution in [0.25, 0.3) is 22.2 Å². The highest BCUT2D eigenvalue weighted by molar-refractivity contribution is 6.12. The number of pyridine rings is 2. The summed E-state index contributed by atoms with van der Waals surface area (Å²) >= 11 is 0. The van der Waals surface area contributed by atoms with Crippen molar-refractivity contribution < 1.29 is 9.59 Å². The predicted molar refractivity (Wildman–Crippen MR) is 134 cm³/mol. The Kier molecular flexibility index (Phi) is 5.78. The monoisotopic (exact) mass is 444 g/mol. The topological polar surface area (TPSA) is 84.0 Å². The van der Waals surface area contributed by atoms with Crippen molar-refractivity contribution in [2.24, 2.45) is 0 Å². The lowest BCUT2D eigenvalue weighted by Crippen LogP contribution is -2.12. The van der Waals surface area contributed by atoms with E-state index in [1.807, 2.05) is 60.7 Å². The molecule has 164 valence electrons. The van der Waals surface area contributed by atoms with Gasteiger partial charge in [-0.2, -0.15) is 0 Å². The summed E-state index contributed by atoms with van der Waals surface area (Å²) in [5.41, 5.74) is 3.69. The van der Waals surface area contributed by atoms with E-state index in [4.69, 9.17) is 0 Å². The molecular weight excluding hydrogens is 424 g/mol. The SMILES string of the molecule is O=C(Nc1ccc(-c2ccc(NC(=O)c3cccc4ccccc34)cn2)nc1)c1ccccc1. The molecule has 0 saturated heterocycles. The lowest BCUT2D eigenvalue weighted by atomic mass is 10.0. The van der Waals surface area contributed by atoms with Crippen molar-refractivity contribution in [3.63, 3.8) is 0 Å². The minimum Gasteiger partial charge on any atom is -0.321 e. The Morgan fingerprint density at radius 1 is 0.559 bits per heavy atom. The van der Waals surface area contributed by atoms with E-state index in [1.54, 1.807) is 48.8 Å². The fourth-order valence-corrected chi connectivity index (χ4v) is 3.65. The summed E-state index contributed by atoms with van der Waals surface area (Å²) in [6, 6.07) is 29.6. The number of aromatic nitrogens is 2. The van der Waals surface area contributed by atoms with Gasteiger partial charge in [0.25, 0.3) is 11.8 Å². The third-order valence-corrected chi connectivity index (χ3v) is 5.38. The summed E-state index contributed by atoms with van der Waals surface area (Å²) in [7, 11) is 0. The van der Waals surface area contributed by atoms with E-state index >= 15 is 0 Å². The fraction of sp³-hybridized carbons (Fsp3) is 0. The molecule has 0 aliphatic rings. The second-order valence-electron chi connectivity index (χ2n) is 7.67. The van der Waals surface area contributed by atoms with Crippen molar-refractivity contribution in [2.75, 3.05) is 10.6 Å². The van der Waals surface area contributed by atoms with E-state index in [9.17, 15) is 9.59 Å². The molecule has 6 heteroatoms. The molecule has 0 aliphatic heterocycles. The first-order valence-corrected chi connectivity index (χ1v) is 10.8. The number of nitrogens with zero attached hydrogens (tertiary/aromatic N) is 2. The third kappa shape index (κ3) is 4.52. The third-order valence-electron chi connectivity index (χ3n) is 5.38. The quantitative estimate of drug-likeness (QED) is 0.359. The number of amides is 2. The molecule has 0 radical (unpaired) electrons. The molecule has 34 heavy (non-hydrogen) atoms. The standard InChI is InChI=1S/C28H20N4O2/c33-27(20-8-2-1-3-9-20)31-21-13-15-25(29-17-21)26-16-14-22(18-30-26)32-28(34)24-12-6-10-19-7-4-5-11-23(19)24/h1-18H,(H,31,33)(H,32,34). The van der Waals surface area contributed by atoms with Crippen molar-refractivity contribution in [3.8, 4) is 11.4 Å². The van der Waals surface area contributed by atoms with Crippen molar-refractivity contribution in [1.82, 2.24) is 9.97 Å². The molecule has 5 rings (SSSR count). The van der Waals surface area contributed by atoms with Gasteiger partial charge in [0.05, 0.1) is 35.2 Å². The highest BCUT2D eigenvalue weighted by Gasteiger charge is 2.11. The summed E-state index contributed by atoms with van der Waals surface area (Å²) in [4.78, 5) is 33.9. The van der Waals surface area contributed by atoms with Crippen LogP contribution in [0.1, 0.15) is 20.7 Å². The first kappa shape index (κ1) is 21.0. The number of anilines is 2. The number of nitrogens with one attached hydrogen (secondary N) is 2. The molecule has 0 aliphatic carbocycles. The van der Waals surface area contributed by atoms with Crippen molar-refractivity contribution >= 4 is 34.0 Å². The Balaban J connectivity index is 1.27. The van der Waals surface area contributed by atoms with Crippen LogP contribution in [0.3, 0.4) is 0 Å². The summed E-state index contributed by atoms with van der Waals surface area (Å²) in [6.07, 6.45) is 3.19. The second kappa shape index (κ2) is 9.34. The molecule has 0 saturated carbocycles. The zero-order chi connectivity index (χ0) is 23.3. The molecule has 2 aromatic heterocycles. The van der Waals surface area contributed by atoms with Crippen LogP contribution < -0.4 is 10.6 Å². The first-order valence-electron chi connectivity index (χ1n) is 10.8. The highest BCUT2D eigenvalue weighted by Crippen LogP contribution is 2.21. The lowest BCUT2D eigenvalue weighted by Gasteiger charge is -2.09. The van der Waals surface area contributed by atoms with Gasteiger partial charge in [0.15, 0.2) is 0 Å². The van der Waals surface area contributed by atoms with E-state index in [-0.39, 0.29) is 11.8 Å². The van der Waals surface area contributed by atoms with Crippen LogP contribution in [0.15, 0.2) is 109 Å². The van der Waals surface area contributed by atoms with E-state index in [1.165, 1.54) is 0 Å². The van der Waals surface area contributed by atoms with Crippen LogP contribution in [-0.2, 0) is 0 Å². The molecule has 0 bridgehead atoms. The van der Waals surface area contributed by atoms with Crippen LogP contribution in [0.4, 0.5) is 11.4 Å². The second-order valence-corrected chi connectivity index (χ2v) is 7.67. The van der Waals surface area contributed by atoms with Gasteiger partial charge < -0.3 is 10.6 Å². The van der Waals surface area contributed by atoms with Gasteiger partial charge >= 0.3 is 0 Å². The van der Waals surface area contributed by atoms with Gasteiger partial charge in [0.2, 0.25) is 0 Å².